The van der Waals surface area contributed by atoms with Crippen LogP contribution in [0.2, 0.25) is 0 Å². The molecule has 2 aromatic rings. The highest BCUT2D eigenvalue weighted by Crippen LogP contribution is 2.21. The van der Waals surface area contributed by atoms with Crippen LogP contribution < -0.4 is 5.32 Å². The third-order valence-corrected chi connectivity index (χ3v) is 3.41. The lowest BCUT2D eigenvalue weighted by molar-refractivity contribution is 0.300. The number of hydrogen-bond donors (Lipinski definition) is 2. The van der Waals surface area contributed by atoms with E-state index in [1.807, 2.05) is 18.2 Å². The number of rotatable bonds is 4. The summed E-state index contributed by atoms with van der Waals surface area (Å²) in [5.74, 6) is 0. The molecule has 16 heavy (non-hydrogen) atoms. The van der Waals surface area contributed by atoms with Crippen molar-refractivity contribution in [3.8, 4) is 0 Å². The molecule has 0 amide bonds. The molecule has 0 unspecified atom stereocenters. The van der Waals surface area contributed by atoms with Gasteiger partial charge in [0.15, 0.2) is 0 Å². The SMILES string of the molecule is OCCNC(=S)Cc1nc2ccccc2s1. The summed E-state index contributed by atoms with van der Waals surface area (Å²) in [6, 6.07) is 8.04. The molecule has 0 aliphatic heterocycles. The summed E-state index contributed by atoms with van der Waals surface area (Å²) in [4.78, 5) is 5.22. The van der Waals surface area contributed by atoms with Gasteiger partial charge in [0.25, 0.3) is 0 Å². The van der Waals surface area contributed by atoms with Crippen LogP contribution in [0.4, 0.5) is 0 Å². The second kappa shape index (κ2) is 5.34. The van der Waals surface area contributed by atoms with E-state index < -0.39 is 0 Å². The second-order valence-electron chi connectivity index (χ2n) is 3.33. The van der Waals surface area contributed by atoms with E-state index in [2.05, 4.69) is 16.4 Å². The van der Waals surface area contributed by atoms with E-state index in [1.165, 1.54) is 4.70 Å². The summed E-state index contributed by atoms with van der Waals surface area (Å²) >= 11 is 6.81. The van der Waals surface area contributed by atoms with Gasteiger partial charge in [0.05, 0.1) is 28.2 Å². The largest absolute Gasteiger partial charge is 0.395 e. The Hall–Kier alpha value is -1.04. The number of thiocarbonyl (C=S) groups is 1. The lowest BCUT2D eigenvalue weighted by Crippen LogP contribution is -2.26. The van der Waals surface area contributed by atoms with Crippen molar-refractivity contribution in [3.63, 3.8) is 0 Å². The van der Waals surface area contributed by atoms with Crippen LogP contribution >= 0.6 is 23.6 Å². The molecule has 0 fully saturated rings. The predicted molar refractivity (Wildman–Crippen MR) is 71.0 cm³/mol. The van der Waals surface area contributed by atoms with E-state index in [9.17, 15) is 0 Å². The highest BCUT2D eigenvalue weighted by molar-refractivity contribution is 7.80. The van der Waals surface area contributed by atoms with Gasteiger partial charge in [-0.3, -0.25) is 0 Å². The van der Waals surface area contributed by atoms with Gasteiger partial charge in [-0.15, -0.1) is 11.3 Å². The van der Waals surface area contributed by atoms with Crippen molar-refractivity contribution in [1.82, 2.24) is 10.3 Å². The molecule has 5 heteroatoms. The molecule has 3 nitrogen and oxygen atoms in total. The van der Waals surface area contributed by atoms with Crippen LogP contribution in [0.25, 0.3) is 10.2 Å². The van der Waals surface area contributed by atoms with Crippen molar-refractivity contribution in [2.24, 2.45) is 0 Å². The Bertz CT molecular complexity index is 462. The van der Waals surface area contributed by atoms with Crippen molar-refractivity contribution in [2.45, 2.75) is 6.42 Å². The maximum absolute atomic E-state index is 8.66. The maximum atomic E-state index is 8.66. The zero-order valence-corrected chi connectivity index (χ0v) is 10.3. The molecule has 0 saturated carbocycles. The molecule has 0 aliphatic carbocycles. The maximum Gasteiger partial charge on any atom is 0.101 e. The highest BCUT2D eigenvalue weighted by Gasteiger charge is 2.05. The van der Waals surface area contributed by atoms with Gasteiger partial charge < -0.3 is 10.4 Å². The smallest absolute Gasteiger partial charge is 0.101 e. The van der Waals surface area contributed by atoms with E-state index in [0.717, 1.165) is 15.5 Å². The lowest BCUT2D eigenvalue weighted by Gasteiger charge is -2.02. The van der Waals surface area contributed by atoms with Crippen molar-refractivity contribution in [1.29, 1.82) is 0 Å². The van der Waals surface area contributed by atoms with Gasteiger partial charge in [0, 0.05) is 6.54 Å². The number of nitrogens with zero attached hydrogens (tertiary/aromatic N) is 1. The van der Waals surface area contributed by atoms with E-state index >= 15 is 0 Å². The first-order chi connectivity index (χ1) is 7.79. The van der Waals surface area contributed by atoms with E-state index in [0.29, 0.717) is 13.0 Å². The van der Waals surface area contributed by atoms with Gasteiger partial charge in [-0.2, -0.15) is 0 Å². The quantitative estimate of drug-likeness (QED) is 0.814. The third-order valence-electron chi connectivity index (χ3n) is 2.08. The first kappa shape index (κ1) is 11.4. The molecule has 0 bridgehead atoms. The van der Waals surface area contributed by atoms with Gasteiger partial charge >= 0.3 is 0 Å². The Labute approximate surface area is 103 Å². The predicted octanol–water partition coefficient (Wildman–Crippen LogP) is 1.75. The fraction of sp³-hybridized carbons (Fsp3) is 0.273. The summed E-state index contributed by atoms with van der Waals surface area (Å²) in [7, 11) is 0. The summed E-state index contributed by atoms with van der Waals surface area (Å²) in [5, 5.41) is 12.6. The molecular formula is C11H12N2OS2. The van der Waals surface area contributed by atoms with Crippen molar-refractivity contribution in [2.75, 3.05) is 13.2 Å². The second-order valence-corrected chi connectivity index (χ2v) is 4.93. The zero-order valence-electron chi connectivity index (χ0n) is 8.64. The number of nitrogens with one attached hydrogen (secondary N) is 1. The van der Waals surface area contributed by atoms with Gasteiger partial charge in [-0.1, -0.05) is 24.4 Å². The summed E-state index contributed by atoms with van der Waals surface area (Å²) < 4.78 is 1.18. The minimum absolute atomic E-state index is 0.0972. The standard InChI is InChI=1S/C11H12N2OS2/c14-6-5-12-10(15)7-11-13-8-3-1-2-4-9(8)16-11/h1-4,14H,5-7H2,(H,12,15). The van der Waals surface area contributed by atoms with Crippen molar-refractivity contribution in [3.05, 3.63) is 29.3 Å². The number of aliphatic hydroxyl groups excluding tert-OH is 1. The van der Waals surface area contributed by atoms with Crippen LogP contribution in [0.3, 0.4) is 0 Å². The first-order valence-corrected chi connectivity index (χ1v) is 6.24. The minimum atomic E-state index is 0.0972. The number of fused-ring (bicyclic) bond motifs is 1. The molecule has 0 radical (unpaired) electrons. The topological polar surface area (TPSA) is 45.1 Å². The van der Waals surface area contributed by atoms with Crippen LogP contribution in [0.5, 0.6) is 0 Å². The number of hydrogen-bond acceptors (Lipinski definition) is 4. The minimum Gasteiger partial charge on any atom is -0.395 e. The Kier molecular flexibility index (Phi) is 3.82. The Balaban J connectivity index is 2.07. The average Bonchev–Trinajstić information content (AvgIpc) is 2.68. The molecular weight excluding hydrogens is 240 g/mol. The molecule has 1 aromatic heterocycles. The van der Waals surface area contributed by atoms with Crippen molar-refractivity contribution < 1.29 is 5.11 Å². The average molecular weight is 252 g/mol. The van der Waals surface area contributed by atoms with E-state index in [1.54, 1.807) is 11.3 Å². The van der Waals surface area contributed by atoms with Crippen LogP contribution in [-0.2, 0) is 6.42 Å². The highest BCUT2D eigenvalue weighted by atomic mass is 32.1. The number of para-hydroxylation sites is 1. The Morgan fingerprint density at radius 3 is 3.00 bits per heavy atom. The molecule has 0 aliphatic rings. The van der Waals surface area contributed by atoms with Gasteiger partial charge in [0.1, 0.15) is 5.01 Å². The van der Waals surface area contributed by atoms with Crippen molar-refractivity contribution >= 4 is 38.8 Å². The normalized spacial score (nSPS) is 10.6. The number of thiazole rings is 1. The van der Waals surface area contributed by atoms with Crippen LogP contribution in [-0.4, -0.2) is 28.2 Å². The molecule has 2 rings (SSSR count). The summed E-state index contributed by atoms with van der Waals surface area (Å²) in [5.41, 5.74) is 1.02. The van der Waals surface area contributed by atoms with E-state index in [-0.39, 0.29) is 6.61 Å². The number of aliphatic hydroxyl groups is 1. The summed E-state index contributed by atoms with van der Waals surface area (Å²) in [6.07, 6.45) is 0.648. The number of benzene rings is 1. The molecule has 1 aromatic carbocycles. The van der Waals surface area contributed by atoms with Crippen LogP contribution in [0.1, 0.15) is 5.01 Å². The molecule has 0 spiro atoms. The molecule has 84 valence electrons. The van der Waals surface area contributed by atoms with Gasteiger partial charge in [-0.05, 0) is 12.1 Å². The first-order valence-electron chi connectivity index (χ1n) is 5.01. The molecule has 2 N–H and O–H groups in total. The van der Waals surface area contributed by atoms with E-state index in [4.69, 9.17) is 17.3 Å². The van der Waals surface area contributed by atoms with Crippen LogP contribution in [0, 0.1) is 0 Å². The molecule has 0 saturated heterocycles. The Morgan fingerprint density at radius 1 is 1.44 bits per heavy atom. The fourth-order valence-electron chi connectivity index (χ4n) is 1.39. The molecule has 0 atom stereocenters. The third kappa shape index (κ3) is 2.75. The molecule has 1 heterocycles. The fourth-order valence-corrected chi connectivity index (χ4v) is 2.70. The van der Waals surface area contributed by atoms with Crippen LogP contribution in [0.15, 0.2) is 24.3 Å². The number of aromatic nitrogens is 1. The lowest BCUT2D eigenvalue weighted by atomic mass is 10.3. The van der Waals surface area contributed by atoms with Gasteiger partial charge in [0.2, 0.25) is 0 Å². The zero-order chi connectivity index (χ0) is 11.4. The Morgan fingerprint density at radius 2 is 2.25 bits per heavy atom. The summed E-state index contributed by atoms with van der Waals surface area (Å²) in [6.45, 7) is 0.601. The van der Waals surface area contributed by atoms with Gasteiger partial charge in [-0.25, -0.2) is 4.98 Å². The monoisotopic (exact) mass is 252 g/mol.